The lowest BCUT2D eigenvalue weighted by molar-refractivity contribution is -0.117. The fraction of sp³-hybridized carbons (Fsp3) is 0.364. The third-order valence-corrected chi connectivity index (χ3v) is 3.83. The van der Waals surface area contributed by atoms with Gasteiger partial charge in [-0.05, 0) is 60.9 Å². The maximum Gasteiger partial charge on any atom is 0.243 e. The summed E-state index contributed by atoms with van der Waals surface area (Å²) >= 11 is 0. The Balaban J connectivity index is 1.77. The van der Waals surface area contributed by atoms with E-state index in [4.69, 9.17) is 4.74 Å². The lowest BCUT2D eigenvalue weighted by atomic mass is 10.1. The number of anilines is 3. The second-order valence-electron chi connectivity index (χ2n) is 7.00. The predicted octanol–water partition coefficient (Wildman–Crippen LogP) is 4.51. The number of rotatable bonds is 10. The van der Waals surface area contributed by atoms with Crippen molar-refractivity contribution in [2.75, 3.05) is 29.1 Å². The van der Waals surface area contributed by atoms with Crippen molar-refractivity contribution in [1.82, 2.24) is 0 Å². The molecule has 6 heteroatoms. The van der Waals surface area contributed by atoms with Crippen molar-refractivity contribution in [2.24, 2.45) is 5.92 Å². The number of hydrogen-bond acceptors (Lipinski definition) is 4. The van der Waals surface area contributed by atoms with Crippen molar-refractivity contribution >= 4 is 28.9 Å². The molecule has 0 unspecified atom stereocenters. The van der Waals surface area contributed by atoms with Crippen molar-refractivity contribution in [3.8, 4) is 5.75 Å². The van der Waals surface area contributed by atoms with Gasteiger partial charge in [0, 0.05) is 23.5 Å². The topological polar surface area (TPSA) is 79.5 Å². The van der Waals surface area contributed by atoms with Gasteiger partial charge in [0.2, 0.25) is 11.8 Å². The van der Waals surface area contributed by atoms with Crippen LogP contribution in [-0.4, -0.2) is 25.0 Å². The van der Waals surface area contributed by atoms with Gasteiger partial charge in [0.1, 0.15) is 5.75 Å². The maximum absolute atomic E-state index is 12.1. The van der Waals surface area contributed by atoms with Crippen LogP contribution in [0, 0.1) is 5.92 Å². The summed E-state index contributed by atoms with van der Waals surface area (Å²) in [6, 6.07) is 14.6. The van der Waals surface area contributed by atoms with Gasteiger partial charge in [-0.1, -0.05) is 20.8 Å². The summed E-state index contributed by atoms with van der Waals surface area (Å²) in [5, 5.41) is 8.76. The number of amides is 2. The van der Waals surface area contributed by atoms with E-state index in [1.54, 1.807) is 0 Å². The van der Waals surface area contributed by atoms with Crippen molar-refractivity contribution in [3.05, 3.63) is 48.5 Å². The highest BCUT2D eigenvalue weighted by molar-refractivity contribution is 5.94. The third kappa shape index (κ3) is 7.70. The number of hydrogen-bond donors (Lipinski definition) is 3. The molecule has 0 heterocycles. The van der Waals surface area contributed by atoms with Crippen LogP contribution in [0.15, 0.2) is 48.5 Å². The summed E-state index contributed by atoms with van der Waals surface area (Å²) in [4.78, 5) is 23.9. The zero-order valence-corrected chi connectivity index (χ0v) is 16.7. The standard InChI is InChI=1S/C22H29N3O3/c1-4-13-28-20-11-9-19(10-12-20)25-22(27)15-23-17-5-7-18(8-6-17)24-21(26)14-16(2)3/h5-12,16,23H,4,13-15H2,1-3H3,(H,24,26)(H,25,27). The maximum atomic E-state index is 12.1. The molecule has 0 fully saturated rings. The number of carbonyl (C=O) groups is 2. The molecule has 0 radical (unpaired) electrons. The van der Waals surface area contributed by atoms with Crippen LogP contribution < -0.4 is 20.7 Å². The molecular formula is C22H29N3O3. The molecular weight excluding hydrogens is 354 g/mol. The first-order chi connectivity index (χ1) is 13.5. The molecule has 2 amide bonds. The molecule has 2 rings (SSSR count). The predicted molar refractivity (Wildman–Crippen MR) is 114 cm³/mol. The van der Waals surface area contributed by atoms with Crippen LogP contribution in [0.2, 0.25) is 0 Å². The van der Waals surface area contributed by atoms with Crippen molar-refractivity contribution in [2.45, 2.75) is 33.6 Å². The molecule has 0 saturated heterocycles. The summed E-state index contributed by atoms with van der Waals surface area (Å²) in [6.45, 7) is 6.89. The zero-order valence-electron chi connectivity index (χ0n) is 16.7. The van der Waals surface area contributed by atoms with Crippen LogP contribution in [0.1, 0.15) is 33.6 Å². The van der Waals surface area contributed by atoms with Gasteiger partial charge in [0.15, 0.2) is 0 Å². The first-order valence-corrected chi connectivity index (χ1v) is 9.62. The summed E-state index contributed by atoms with van der Waals surface area (Å²) in [5.74, 6) is 0.968. The summed E-state index contributed by atoms with van der Waals surface area (Å²) in [6.07, 6.45) is 1.45. The molecule has 0 saturated carbocycles. The fourth-order valence-electron chi connectivity index (χ4n) is 2.50. The lowest BCUT2D eigenvalue weighted by Gasteiger charge is -2.10. The number of ether oxygens (including phenoxy) is 1. The fourth-order valence-corrected chi connectivity index (χ4v) is 2.50. The van der Waals surface area contributed by atoms with Crippen LogP contribution in [0.3, 0.4) is 0 Å². The van der Waals surface area contributed by atoms with Crippen LogP contribution in [0.25, 0.3) is 0 Å². The first kappa shape index (κ1) is 21.3. The summed E-state index contributed by atoms with van der Waals surface area (Å²) in [5.41, 5.74) is 2.27. The van der Waals surface area contributed by atoms with E-state index < -0.39 is 0 Å². The van der Waals surface area contributed by atoms with Gasteiger partial charge in [-0.15, -0.1) is 0 Å². The van der Waals surface area contributed by atoms with E-state index in [1.807, 2.05) is 62.4 Å². The van der Waals surface area contributed by atoms with Gasteiger partial charge >= 0.3 is 0 Å². The van der Waals surface area contributed by atoms with Crippen molar-refractivity contribution in [1.29, 1.82) is 0 Å². The van der Waals surface area contributed by atoms with Crippen molar-refractivity contribution in [3.63, 3.8) is 0 Å². The van der Waals surface area contributed by atoms with Crippen LogP contribution >= 0.6 is 0 Å². The Morgan fingerprint density at radius 1 is 0.857 bits per heavy atom. The molecule has 0 aromatic heterocycles. The first-order valence-electron chi connectivity index (χ1n) is 9.62. The van der Waals surface area contributed by atoms with Gasteiger partial charge in [-0.25, -0.2) is 0 Å². The highest BCUT2D eigenvalue weighted by atomic mass is 16.5. The van der Waals surface area contributed by atoms with E-state index >= 15 is 0 Å². The molecule has 6 nitrogen and oxygen atoms in total. The number of nitrogens with one attached hydrogen (secondary N) is 3. The van der Waals surface area contributed by atoms with Gasteiger partial charge in [0.05, 0.1) is 13.2 Å². The SMILES string of the molecule is CCCOc1ccc(NC(=O)CNc2ccc(NC(=O)CC(C)C)cc2)cc1. The smallest absolute Gasteiger partial charge is 0.243 e. The highest BCUT2D eigenvalue weighted by Gasteiger charge is 2.06. The Morgan fingerprint density at radius 3 is 1.96 bits per heavy atom. The molecule has 2 aromatic carbocycles. The Kier molecular flexibility index (Phi) is 8.34. The molecule has 0 atom stereocenters. The molecule has 2 aromatic rings. The Labute approximate surface area is 166 Å². The second kappa shape index (κ2) is 11.0. The minimum atomic E-state index is -0.142. The van der Waals surface area contributed by atoms with Crippen LogP contribution in [-0.2, 0) is 9.59 Å². The van der Waals surface area contributed by atoms with Gasteiger partial charge in [-0.2, -0.15) is 0 Å². The van der Waals surface area contributed by atoms with Gasteiger partial charge in [0.25, 0.3) is 0 Å². The number of carbonyl (C=O) groups excluding carboxylic acids is 2. The zero-order chi connectivity index (χ0) is 20.4. The third-order valence-electron chi connectivity index (χ3n) is 3.83. The molecule has 3 N–H and O–H groups in total. The van der Waals surface area contributed by atoms with Crippen LogP contribution in [0.5, 0.6) is 5.75 Å². The Bertz CT molecular complexity index is 756. The minimum absolute atomic E-state index is 0.00111. The minimum Gasteiger partial charge on any atom is -0.494 e. The highest BCUT2D eigenvalue weighted by Crippen LogP contribution is 2.17. The average molecular weight is 383 g/mol. The Hall–Kier alpha value is -3.02. The quantitative estimate of drug-likeness (QED) is 0.564. The van der Waals surface area contributed by atoms with E-state index in [-0.39, 0.29) is 18.4 Å². The molecule has 150 valence electrons. The monoisotopic (exact) mass is 383 g/mol. The molecule has 0 bridgehead atoms. The normalized spacial score (nSPS) is 10.4. The van der Waals surface area contributed by atoms with Crippen LogP contribution in [0.4, 0.5) is 17.1 Å². The van der Waals surface area contributed by atoms with E-state index in [2.05, 4.69) is 22.9 Å². The average Bonchev–Trinajstić information content (AvgIpc) is 2.66. The van der Waals surface area contributed by atoms with E-state index in [1.165, 1.54) is 0 Å². The van der Waals surface area contributed by atoms with E-state index in [0.717, 1.165) is 29.2 Å². The number of benzene rings is 2. The van der Waals surface area contributed by atoms with Gasteiger partial charge < -0.3 is 20.7 Å². The summed E-state index contributed by atoms with van der Waals surface area (Å²) in [7, 11) is 0. The molecule has 0 aliphatic heterocycles. The van der Waals surface area contributed by atoms with E-state index in [9.17, 15) is 9.59 Å². The van der Waals surface area contributed by atoms with Gasteiger partial charge in [-0.3, -0.25) is 9.59 Å². The Morgan fingerprint density at radius 2 is 1.39 bits per heavy atom. The van der Waals surface area contributed by atoms with Crippen molar-refractivity contribution < 1.29 is 14.3 Å². The molecule has 0 aliphatic carbocycles. The molecule has 28 heavy (non-hydrogen) atoms. The molecule has 0 spiro atoms. The molecule has 0 aliphatic rings. The van der Waals surface area contributed by atoms with E-state index in [0.29, 0.717) is 18.9 Å². The second-order valence-corrected chi connectivity index (χ2v) is 7.00. The lowest BCUT2D eigenvalue weighted by Crippen LogP contribution is -2.21. The largest absolute Gasteiger partial charge is 0.494 e. The summed E-state index contributed by atoms with van der Waals surface area (Å²) < 4.78 is 5.52.